The van der Waals surface area contributed by atoms with Crippen molar-refractivity contribution in [3.05, 3.63) is 52.2 Å². The average Bonchev–Trinajstić information content (AvgIpc) is 3.32. The highest BCUT2D eigenvalue weighted by Crippen LogP contribution is 2.30. The van der Waals surface area contributed by atoms with Gasteiger partial charge < -0.3 is 36.1 Å². The highest BCUT2D eigenvalue weighted by molar-refractivity contribution is 5.83. The molecule has 9 nitrogen and oxygen atoms in total. The number of aromatic nitrogens is 1. The topological polar surface area (TPSA) is 129 Å². The number of hydrogen-bond donors (Lipinski definition) is 4. The van der Waals surface area contributed by atoms with Gasteiger partial charge in [0.1, 0.15) is 11.6 Å². The number of aliphatic imine (C=N–C) groups is 1. The Morgan fingerprint density at radius 2 is 1.81 bits per heavy atom. The summed E-state index contributed by atoms with van der Waals surface area (Å²) in [4.78, 5) is 16.4. The second-order valence-electron chi connectivity index (χ2n) is 12.7. The van der Waals surface area contributed by atoms with Gasteiger partial charge in [-0.25, -0.2) is 4.99 Å². The number of carbonyl (C=O) groups excluding carboxylic acids is 1. The average molecular weight is 597 g/mol. The molecular weight excluding hydrogens is 540 g/mol. The lowest BCUT2D eigenvalue weighted by atomic mass is 9.84. The third kappa shape index (κ3) is 11.4. The molecule has 0 fully saturated rings. The van der Waals surface area contributed by atoms with Crippen molar-refractivity contribution < 1.29 is 14.3 Å². The molecule has 240 valence electrons. The predicted molar refractivity (Wildman–Crippen MR) is 178 cm³/mol. The number of nitrogens with zero attached hydrogens (tertiary/aromatic N) is 2. The van der Waals surface area contributed by atoms with E-state index in [0.29, 0.717) is 32.1 Å². The van der Waals surface area contributed by atoms with E-state index in [0.717, 1.165) is 71.9 Å². The number of ether oxygens (including phenoxy) is 2. The van der Waals surface area contributed by atoms with Crippen molar-refractivity contribution >= 4 is 24.1 Å². The van der Waals surface area contributed by atoms with Crippen molar-refractivity contribution in [1.29, 1.82) is 0 Å². The van der Waals surface area contributed by atoms with Gasteiger partial charge in [-0.05, 0) is 35.8 Å². The molecule has 0 saturated heterocycles. The second kappa shape index (κ2) is 17.1. The number of amidine groups is 1. The first-order chi connectivity index (χ1) is 20.4. The van der Waals surface area contributed by atoms with Crippen LogP contribution >= 0.6 is 0 Å². The SMILES string of the molecule is C=c1ccn(Cc2ccc(C(C)(C)COCC(C)(C)CNC(=O)CN)cc2OC)/c1=C(/N=C(/N)CCC)NCCCCC. The fourth-order valence-corrected chi connectivity index (χ4v) is 4.76. The number of carbonyl (C=O) groups is 1. The number of nitrogens with two attached hydrogens (primary N) is 2. The Morgan fingerprint density at radius 3 is 2.47 bits per heavy atom. The third-order valence-corrected chi connectivity index (χ3v) is 7.42. The van der Waals surface area contributed by atoms with E-state index in [1.165, 1.54) is 0 Å². The van der Waals surface area contributed by atoms with Crippen molar-refractivity contribution in [2.24, 2.45) is 21.9 Å². The van der Waals surface area contributed by atoms with Crippen LogP contribution in [0, 0.1) is 5.41 Å². The molecule has 0 saturated carbocycles. The molecule has 0 aliphatic heterocycles. The molecule has 43 heavy (non-hydrogen) atoms. The minimum atomic E-state index is -0.254. The summed E-state index contributed by atoms with van der Waals surface area (Å²) < 4.78 is 14.2. The van der Waals surface area contributed by atoms with Gasteiger partial charge in [0.05, 0.1) is 38.8 Å². The monoisotopic (exact) mass is 596 g/mol. The van der Waals surface area contributed by atoms with Gasteiger partial charge in [0.25, 0.3) is 0 Å². The molecule has 1 amide bonds. The van der Waals surface area contributed by atoms with E-state index >= 15 is 0 Å². The number of rotatable bonds is 19. The maximum absolute atomic E-state index is 11.6. The van der Waals surface area contributed by atoms with Crippen LogP contribution in [-0.4, -0.2) is 56.3 Å². The first-order valence-electron chi connectivity index (χ1n) is 15.5. The fourth-order valence-electron chi connectivity index (χ4n) is 4.76. The van der Waals surface area contributed by atoms with Gasteiger partial charge in [0.15, 0.2) is 5.82 Å². The number of unbranched alkanes of at least 4 members (excludes halogenated alkanes) is 2. The summed E-state index contributed by atoms with van der Waals surface area (Å²) in [5, 5.41) is 8.21. The Kier molecular flexibility index (Phi) is 14.3. The van der Waals surface area contributed by atoms with E-state index in [2.05, 4.69) is 81.5 Å². The summed E-state index contributed by atoms with van der Waals surface area (Å²) in [6.45, 7) is 20.0. The molecule has 9 heteroatoms. The van der Waals surface area contributed by atoms with Gasteiger partial charge in [0.2, 0.25) is 5.91 Å². The minimum Gasteiger partial charge on any atom is -0.496 e. The summed E-state index contributed by atoms with van der Waals surface area (Å²) in [6.07, 6.45) is 7.09. The quantitative estimate of drug-likeness (QED) is 0.112. The first-order valence-corrected chi connectivity index (χ1v) is 15.5. The molecule has 0 aliphatic rings. The molecule has 2 rings (SSSR count). The van der Waals surface area contributed by atoms with Crippen LogP contribution < -0.4 is 37.4 Å². The Bertz CT molecular complexity index is 1310. The zero-order chi connectivity index (χ0) is 32.0. The van der Waals surface area contributed by atoms with Crippen molar-refractivity contribution in [2.45, 2.75) is 85.6 Å². The summed E-state index contributed by atoms with van der Waals surface area (Å²) in [7, 11) is 1.70. The molecule has 1 aromatic carbocycles. The highest BCUT2D eigenvalue weighted by Gasteiger charge is 2.25. The van der Waals surface area contributed by atoms with Crippen molar-refractivity contribution in [1.82, 2.24) is 15.2 Å². The van der Waals surface area contributed by atoms with Gasteiger partial charge in [-0.2, -0.15) is 0 Å². The van der Waals surface area contributed by atoms with E-state index in [4.69, 9.17) is 25.9 Å². The largest absolute Gasteiger partial charge is 0.496 e. The van der Waals surface area contributed by atoms with E-state index < -0.39 is 0 Å². The van der Waals surface area contributed by atoms with E-state index in [-0.39, 0.29) is 23.3 Å². The van der Waals surface area contributed by atoms with E-state index in [1.807, 2.05) is 12.3 Å². The number of amides is 1. The Morgan fingerprint density at radius 1 is 1.07 bits per heavy atom. The van der Waals surface area contributed by atoms with Crippen LogP contribution in [-0.2, 0) is 21.5 Å². The predicted octanol–water partition coefficient (Wildman–Crippen LogP) is 3.35. The Hall–Kier alpha value is -3.30. The van der Waals surface area contributed by atoms with E-state index in [1.54, 1.807) is 7.11 Å². The molecule has 0 bridgehead atoms. The molecule has 0 atom stereocenters. The van der Waals surface area contributed by atoms with Crippen LogP contribution in [0.3, 0.4) is 0 Å². The fraction of sp³-hybridized carbons (Fsp3) is 0.588. The first kappa shape index (κ1) is 35.9. The second-order valence-corrected chi connectivity index (χ2v) is 12.7. The lowest BCUT2D eigenvalue weighted by Crippen LogP contribution is -2.40. The molecule has 0 radical (unpaired) electrons. The third-order valence-electron chi connectivity index (χ3n) is 7.42. The van der Waals surface area contributed by atoms with Crippen molar-refractivity contribution in [3.63, 3.8) is 0 Å². The smallest absolute Gasteiger partial charge is 0.233 e. The summed E-state index contributed by atoms with van der Waals surface area (Å²) in [5.74, 6) is 2.02. The number of benzene rings is 1. The number of hydrogen-bond acceptors (Lipinski definition) is 6. The van der Waals surface area contributed by atoms with Crippen LogP contribution in [0.2, 0.25) is 0 Å². The number of nitrogens with one attached hydrogen (secondary N) is 2. The van der Waals surface area contributed by atoms with E-state index in [9.17, 15) is 4.79 Å². The van der Waals surface area contributed by atoms with Gasteiger partial charge in [-0.3, -0.25) is 4.79 Å². The van der Waals surface area contributed by atoms with Crippen molar-refractivity contribution in [2.75, 3.05) is 40.0 Å². The maximum atomic E-state index is 11.6. The molecule has 0 spiro atoms. The normalized spacial score (nSPS) is 13.2. The lowest BCUT2D eigenvalue weighted by molar-refractivity contribution is -0.120. The standard InChI is InChI=1S/C34H56N6O3/c1-9-11-12-17-37-32(39-29(36)13-10-2)31-25(3)16-18-40(31)21-26-14-15-27(19-28(26)42-8)34(6,7)24-43-23-33(4,5)22-38-30(41)20-35/h14-16,18-19,37H,3,9-13,17,20-24,35H2,1-2,4-8H3,(H2,36,39)(H,38,41)/b32-31+. The van der Waals surface area contributed by atoms with Gasteiger partial charge in [-0.15, -0.1) is 0 Å². The van der Waals surface area contributed by atoms with Crippen LogP contribution in [0.4, 0.5) is 0 Å². The summed E-state index contributed by atoms with van der Waals surface area (Å²) in [6, 6.07) is 8.38. The Balaban J connectivity index is 2.30. The van der Waals surface area contributed by atoms with Crippen LogP contribution in [0.1, 0.15) is 84.8 Å². The summed E-state index contributed by atoms with van der Waals surface area (Å²) >= 11 is 0. The lowest BCUT2D eigenvalue weighted by Gasteiger charge is -2.30. The summed E-state index contributed by atoms with van der Waals surface area (Å²) in [5.41, 5.74) is 13.4. The van der Waals surface area contributed by atoms with Gasteiger partial charge >= 0.3 is 0 Å². The molecular formula is C34H56N6O3. The Labute approximate surface area is 258 Å². The molecule has 0 aliphatic carbocycles. The van der Waals surface area contributed by atoms with Gasteiger partial charge in [-0.1, -0.05) is 73.1 Å². The zero-order valence-corrected chi connectivity index (χ0v) is 27.6. The zero-order valence-electron chi connectivity index (χ0n) is 27.6. The molecule has 2 aromatic rings. The molecule has 0 unspecified atom stereocenters. The van der Waals surface area contributed by atoms with Gasteiger partial charge in [0, 0.05) is 42.1 Å². The molecule has 1 heterocycles. The van der Waals surface area contributed by atoms with Crippen LogP contribution in [0.5, 0.6) is 5.75 Å². The van der Waals surface area contributed by atoms with Crippen LogP contribution in [0.25, 0.3) is 12.4 Å². The molecule has 6 N–H and O–H groups in total. The molecule has 1 aromatic heterocycles. The van der Waals surface area contributed by atoms with Crippen LogP contribution in [0.15, 0.2) is 35.5 Å². The van der Waals surface area contributed by atoms with Crippen molar-refractivity contribution in [3.8, 4) is 5.75 Å². The highest BCUT2D eigenvalue weighted by atomic mass is 16.5. The number of methoxy groups -OCH3 is 1. The maximum Gasteiger partial charge on any atom is 0.233 e. The minimum absolute atomic E-state index is 0.0131.